The third-order valence-corrected chi connectivity index (χ3v) is 4.47. The molecule has 0 aliphatic carbocycles. The number of rotatable bonds is 6. The normalized spacial score (nSPS) is 12.5. The molecule has 134 valence electrons. The molecule has 2 aromatic rings. The lowest BCUT2D eigenvalue weighted by molar-refractivity contribution is -0.118. The van der Waals surface area contributed by atoms with Crippen LogP contribution in [0.3, 0.4) is 0 Å². The van der Waals surface area contributed by atoms with Crippen LogP contribution in [0.15, 0.2) is 48.5 Å². The molecule has 0 saturated heterocycles. The van der Waals surface area contributed by atoms with Crippen LogP contribution in [0.2, 0.25) is 0 Å². The van der Waals surface area contributed by atoms with E-state index in [1.807, 2.05) is 36.4 Å². The number of amides is 1. The molecule has 1 atom stereocenters. The van der Waals surface area contributed by atoms with E-state index in [4.69, 9.17) is 4.74 Å². The van der Waals surface area contributed by atoms with E-state index < -0.39 is 0 Å². The van der Waals surface area contributed by atoms with Crippen molar-refractivity contribution in [2.75, 3.05) is 11.9 Å². The van der Waals surface area contributed by atoms with E-state index in [9.17, 15) is 4.79 Å². The molecule has 0 aromatic heterocycles. The summed E-state index contributed by atoms with van der Waals surface area (Å²) in [4.78, 5) is 12.1. The van der Waals surface area contributed by atoms with Gasteiger partial charge >= 0.3 is 0 Å². The molecule has 3 heteroatoms. The van der Waals surface area contributed by atoms with Crippen LogP contribution in [-0.4, -0.2) is 12.5 Å². The maximum absolute atomic E-state index is 12.1. The fourth-order valence-electron chi connectivity index (χ4n) is 2.53. The van der Waals surface area contributed by atoms with Crippen LogP contribution in [0.1, 0.15) is 58.1 Å². The molecule has 3 nitrogen and oxygen atoms in total. The van der Waals surface area contributed by atoms with Crippen molar-refractivity contribution in [3.8, 4) is 5.75 Å². The van der Waals surface area contributed by atoms with Crippen molar-refractivity contribution >= 4 is 11.6 Å². The minimum absolute atomic E-state index is 0.00367. The standard InChI is InChI=1S/C22H29NO2/c1-6-16(2)17-7-13-20(14-8-17)25-15-21(24)23-19-11-9-18(10-12-19)22(3,4)5/h7-14,16H,6,15H2,1-5H3,(H,23,24)/t16-/m1/s1. The van der Waals surface area contributed by atoms with Gasteiger partial charge in [0, 0.05) is 5.69 Å². The fourth-order valence-corrected chi connectivity index (χ4v) is 2.53. The predicted octanol–water partition coefficient (Wildman–Crippen LogP) is 5.52. The number of hydrogen-bond acceptors (Lipinski definition) is 2. The van der Waals surface area contributed by atoms with Crippen molar-refractivity contribution in [2.45, 2.75) is 52.4 Å². The fraction of sp³-hybridized carbons (Fsp3) is 0.409. The number of carbonyl (C=O) groups excluding carboxylic acids is 1. The smallest absolute Gasteiger partial charge is 0.262 e. The molecule has 25 heavy (non-hydrogen) atoms. The Morgan fingerprint density at radius 3 is 2.16 bits per heavy atom. The monoisotopic (exact) mass is 339 g/mol. The van der Waals surface area contributed by atoms with Crippen molar-refractivity contribution in [2.24, 2.45) is 0 Å². The van der Waals surface area contributed by atoms with Crippen LogP contribution in [0, 0.1) is 0 Å². The zero-order chi connectivity index (χ0) is 18.4. The molecule has 0 aliphatic heterocycles. The average molecular weight is 339 g/mol. The number of anilines is 1. The molecule has 0 saturated carbocycles. The third-order valence-electron chi connectivity index (χ3n) is 4.47. The van der Waals surface area contributed by atoms with E-state index in [2.05, 4.69) is 52.1 Å². The van der Waals surface area contributed by atoms with Gasteiger partial charge in [-0.1, -0.05) is 58.9 Å². The Labute approximate surface area is 151 Å². The maximum Gasteiger partial charge on any atom is 0.262 e. The summed E-state index contributed by atoms with van der Waals surface area (Å²) in [6, 6.07) is 15.9. The second kappa shape index (κ2) is 8.19. The van der Waals surface area contributed by atoms with Crippen molar-refractivity contribution in [1.29, 1.82) is 0 Å². The van der Waals surface area contributed by atoms with Gasteiger partial charge in [-0.25, -0.2) is 0 Å². The zero-order valence-electron chi connectivity index (χ0n) is 15.9. The number of nitrogens with one attached hydrogen (secondary N) is 1. The van der Waals surface area contributed by atoms with Gasteiger partial charge in [-0.05, 0) is 53.1 Å². The quantitative estimate of drug-likeness (QED) is 0.753. The van der Waals surface area contributed by atoms with Gasteiger partial charge in [-0.3, -0.25) is 4.79 Å². The molecule has 0 spiro atoms. The van der Waals surface area contributed by atoms with Gasteiger partial charge in [-0.15, -0.1) is 0 Å². The van der Waals surface area contributed by atoms with E-state index in [1.165, 1.54) is 11.1 Å². The number of ether oxygens (including phenoxy) is 1. The number of carbonyl (C=O) groups is 1. The maximum atomic E-state index is 12.1. The number of benzene rings is 2. The van der Waals surface area contributed by atoms with Gasteiger partial charge in [0.1, 0.15) is 5.75 Å². The highest BCUT2D eigenvalue weighted by atomic mass is 16.5. The first-order chi connectivity index (χ1) is 11.8. The first-order valence-electron chi connectivity index (χ1n) is 8.92. The molecule has 1 amide bonds. The van der Waals surface area contributed by atoms with E-state index in [-0.39, 0.29) is 17.9 Å². The van der Waals surface area contributed by atoms with Gasteiger partial charge < -0.3 is 10.1 Å². The van der Waals surface area contributed by atoms with Crippen molar-refractivity contribution in [3.63, 3.8) is 0 Å². The third kappa shape index (κ3) is 5.63. The summed E-state index contributed by atoms with van der Waals surface area (Å²) in [5, 5.41) is 2.87. The molecule has 0 bridgehead atoms. The molecule has 0 aliphatic rings. The molecule has 2 rings (SSSR count). The van der Waals surface area contributed by atoms with Crippen LogP contribution in [-0.2, 0) is 10.2 Å². The van der Waals surface area contributed by atoms with Crippen molar-refractivity contribution < 1.29 is 9.53 Å². The Kier molecular flexibility index (Phi) is 6.24. The van der Waals surface area contributed by atoms with Crippen LogP contribution in [0.25, 0.3) is 0 Å². The lowest BCUT2D eigenvalue weighted by Crippen LogP contribution is -2.20. The van der Waals surface area contributed by atoms with E-state index in [0.717, 1.165) is 12.1 Å². The summed E-state index contributed by atoms with van der Waals surface area (Å²) in [5.41, 5.74) is 3.42. The Bertz CT molecular complexity index is 681. The molecule has 0 heterocycles. The zero-order valence-corrected chi connectivity index (χ0v) is 15.9. The van der Waals surface area contributed by atoms with E-state index in [0.29, 0.717) is 11.7 Å². The highest BCUT2D eigenvalue weighted by Gasteiger charge is 2.13. The Morgan fingerprint density at radius 1 is 1.04 bits per heavy atom. The molecule has 0 fully saturated rings. The van der Waals surface area contributed by atoms with Crippen molar-refractivity contribution in [3.05, 3.63) is 59.7 Å². The molecule has 0 radical (unpaired) electrons. The summed E-state index contributed by atoms with van der Waals surface area (Å²) in [5.74, 6) is 1.09. The van der Waals surface area contributed by atoms with Gasteiger partial charge in [0.15, 0.2) is 6.61 Å². The second-order valence-corrected chi connectivity index (χ2v) is 7.54. The topological polar surface area (TPSA) is 38.3 Å². The molecular weight excluding hydrogens is 310 g/mol. The Morgan fingerprint density at radius 2 is 1.64 bits per heavy atom. The van der Waals surface area contributed by atoms with Crippen LogP contribution >= 0.6 is 0 Å². The average Bonchev–Trinajstić information content (AvgIpc) is 2.59. The van der Waals surface area contributed by atoms with E-state index in [1.54, 1.807) is 0 Å². The minimum atomic E-state index is -0.158. The molecule has 2 aromatic carbocycles. The second-order valence-electron chi connectivity index (χ2n) is 7.54. The highest BCUT2D eigenvalue weighted by molar-refractivity contribution is 5.91. The minimum Gasteiger partial charge on any atom is -0.484 e. The summed E-state index contributed by atoms with van der Waals surface area (Å²) in [7, 11) is 0. The van der Waals surface area contributed by atoms with Crippen LogP contribution < -0.4 is 10.1 Å². The largest absolute Gasteiger partial charge is 0.484 e. The summed E-state index contributed by atoms with van der Waals surface area (Å²) in [6.07, 6.45) is 1.11. The summed E-state index contributed by atoms with van der Waals surface area (Å²) in [6.45, 7) is 10.9. The van der Waals surface area contributed by atoms with Gasteiger partial charge in [0.2, 0.25) is 0 Å². The SMILES string of the molecule is CC[C@@H](C)c1ccc(OCC(=O)Nc2ccc(C(C)(C)C)cc2)cc1. The van der Waals surface area contributed by atoms with Crippen LogP contribution in [0.5, 0.6) is 5.75 Å². The van der Waals surface area contributed by atoms with Crippen molar-refractivity contribution in [1.82, 2.24) is 0 Å². The first-order valence-corrected chi connectivity index (χ1v) is 8.92. The first kappa shape index (κ1) is 19.0. The molecule has 1 N–H and O–H groups in total. The van der Waals surface area contributed by atoms with Gasteiger partial charge in [-0.2, -0.15) is 0 Å². The Balaban J connectivity index is 1.86. The van der Waals surface area contributed by atoms with Crippen LogP contribution in [0.4, 0.5) is 5.69 Å². The predicted molar refractivity (Wildman–Crippen MR) is 104 cm³/mol. The van der Waals surface area contributed by atoms with Gasteiger partial charge in [0.25, 0.3) is 5.91 Å². The number of hydrogen-bond donors (Lipinski definition) is 1. The molecule has 0 unspecified atom stereocenters. The lowest BCUT2D eigenvalue weighted by Gasteiger charge is -2.19. The highest BCUT2D eigenvalue weighted by Crippen LogP contribution is 2.24. The summed E-state index contributed by atoms with van der Waals surface area (Å²) >= 11 is 0. The molecular formula is C22H29NO2. The van der Waals surface area contributed by atoms with E-state index >= 15 is 0 Å². The van der Waals surface area contributed by atoms with Gasteiger partial charge in [0.05, 0.1) is 0 Å². The Hall–Kier alpha value is -2.29. The lowest BCUT2D eigenvalue weighted by atomic mass is 9.87. The summed E-state index contributed by atoms with van der Waals surface area (Å²) < 4.78 is 5.57.